The highest BCUT2D eigenvalue weighted by atomic mass is 35.5. The Hall–Kier alpha value is -2.06. The first-order chi connectivity index (χ1) is 11.6. The first-order valence-electron chi connectivity index (χ1n) is 7.82. The summed E-state index contributed by atoms with van der Waals surface area (Å²) >= 11 is 6.02. The predicted molar refractivity (Wildman–Crippen MR) is 97.5 cm³/mol. The third-order valence-corrected chi connectivity index (χ3v) is 5.06. The largest absolute Gasteiger partial charge is 0.333 e. The zero-order valence-corrected chi connectivity index (χ0v) is 16.1. The number of halogens is 1. The number of rotatable bonds is 5. The molecule has 2 aromatic rings. The van der Waals surface area contributed by atoms with Crippen molar-refractivity contribution in [1.29, 1.82) is 0 Å². The molecule has 136 valence electrons. The van der Waals surface area contributed by atoms with Gasteiger partial charge in [0.15, 0.2) is 5.03 Å². The van der Waals surface area contributed by atoms with Crippen LogP contribution in [0.2, 0.25) is 5.02 Å². The molecule has 7 nitrogen and oxygen atoms in total. The number of nitrogens with zero attached hydrogens (tertiary/aromatic N) is 2. The quantitative estimate of drug-likeness (QED) is 0.824. The minimum atomic E-state index is -4.05. The molecule has 2 amide bonds. The highest BCUT2D eigenvalue weighted by molar-refractivity contribution is 7.90. The molecule has 0 aliphatic carbocycles. The van der Waals surface area contributed by atoms with Gasteiger partial charge in [0.2, 0.25) is 0 Å². The molecule has 0 saturated carbocycles. The lowest BCUT2D eigenvalue weighted by Gasteiger charge is -2.14. The van der Waals surface area contributed by atoms with Crippen molar-refractivity contribution in [2.24, 2.45) is 0 Å². The molecule has 1 aromatic heterocycles. The topological polar surface area (TPSA) is 93.1 Å². The molecule has 25 heavy (non-hydrogen) atoms. The number of aromatic nitrogens is 2. The Balaban J connectivity index is 2.19. The van der Waals surface area contributed by atoms with Crippen LogP contribution in [0.15, 0.2) is 29.4 Å². The molecule has 0 fully saturated rings. The molecule has 0 saturated heterocycles. The summed E-state index contributed by atoms with van der Waals surface area (Å²) in [5, 5.41) is 6.92. The second kappa shape index (κ2) is 7.45. The summed E-state index contributed by atoms with van der Waals surface area (Å²) in [6.07, 6.45) is 2.19. The number of sulfonamides is 1. The molecule has 9 heteroatoms. The number of aryl methyl sites for hydroxylation is 2. The highest BCUT2D eigenvalue weighted by Gasteiger charge is 2.22. The lowest BCUT2D eigenvalue weighted by molar-refractivity contribution is 0.256. The summed E-state index contributed by atoms with van der Waals surface area (Å²) in [4.78, 5) is 12.2. The Labute approximate surface area is 152 Å². The summed E-state index contributed by atoms with van der Waals surface area (Å²) in [6.45, 7) is 7.46. The summed E-state index contributed by atoms with van der Waals surface area (Å²) in [6, 6.07) is 3.96. The van der Waals surface area contributed by atoms with Gasteiger partial charge < -0.3 is 5.32 Å². The van der Waals surface area contributed by atoms with Gasteiger partial charge in [-0.25, -0.2) is 9.52 Å². The van der Waals surface area contributed by atoms with E-state index in [0.717, 1.165) is 11.1 Å². The first kappa shape index (κ1) is 19.3. The van der Waals surface area contributed by atoms with Crippen LogP contribution in [0.4, 0.5) is 10.5 Å². The number of carbonyl (C=O) groups excluding carboxylic acids is 1. The standard InChI is InChI=1S/C16H21ClN4O3S/c1-5-12-9-13(17)8-11(4)15(12)18-16(22)20-25(23,24)14-6-7-21(19-14)10(2)3/h6-10H,5H2,1-4H3,(H2,18,20,22). The normalized spacial score (nSPS) is 11.6. The van der Waals surface area contributed by atoms with E-state index in [1.54, 1.807) is 25.3 Å². The molecule has 1 heterocycles. The number of carbonyl (C=O) groups is 1. The number of urea groups is 1. The van der Waals surface area contributed by atoms with Gasteiger partial charge in [0, 0.05) is 22.9 Å². The van der Waals surface area contributed by atoms with Crippen molar-refractivity contribution in [3.05, 3.63) is 40.5 Å². The van der Waals surface area contributed by atoms with Crippen LogP contribution < -0.4 is 10.0 Å². The van der Waals surface area contributed by atoms with Gasteiger partial charge in [0.1, 0.15) is 0 Å². The third-order valence-electron chi connectivity index (χ3n) is 3.62. The van der Waals surface area contributed by atoms with Crippen LogP contribution in [0, 0.1) is 6.92 Å². The Morgan fingerprint density at radius 1 is 1.36 bits per heavy atom. The first-order valence-corrected chi connectivity index (χ1v) is 9.68. The van der Waals surface area contributed by atoms with Crippen molar-refractivity contribution in [2.45, 2.75) is 45.2 Å². The van der Waals surface area contributed by atoms with E-state index in [-0.39, 0.29) is 11.1 Å². The summed E-state index contributed by atoms with van der Waals surface area (Å²) in [5.74, 6) is 0. The second-order valence-corrected chi connectivity index (χ2v) is 7.96. The fraction of sp³-hybridized carbons (Fsp3) is 0.375. The van der Waals surface area contributed by atoms with Gasteiger partial charge in [-0.05, 0) is 56.5 Å². The maximum absolute atomic E-state index is 12.3. The summed E-state index contributed by atoms with van der Waals surface area (Å²) < 4.78 is 28.1. The van der Waals surface area contributed by atoms with E-state index in [0.29, 0.717) is 17.1 Å². The molecule has 0 radical (unpaired) electrons. The van der Waals surface area contributed by atoms with E-state index in [2.05, 4.69) is 10.4 Å². The van der Waals surface area contributed by atoms with Crippen LogP contribution in [0.3, 0.4) is 0 Å². The molecule has 2 rings (SSSR count). The third kappa shape index (κ3) is 4.52. The average molecular weight is 385 g/mol. The zero-order chi connectivity index (χ0) is 18.8. The minimum absolute atomic E-state index is 0.0154. The van der Waals surface area contributed by atoms with Crippen LogP contribution in [0.25, 0.3) is 0 Å². The van der Waals surface area contributed by atoms with Crippen molar-refractivity contribution in [1.82, 2.24) is 14.5 Å². The highest BCUT2D eigenvalue weighted by Crippen LogP contribution is 2.26. The van der Waals surface area contributed by atoms with E-state index >= 15 is 0 Å². The van der Waals surface area contributed by atoms with Gasteiger partial charge in [-0.2, -0.15) is 13.5 Å². The van der Waals surface area contributed by atoms with E-state index in [9.17, 15) is 13.2 Å². The fourth-order valence-electron chi connectivity index (χ4n) is 2.34. The number of anilines is 1. The summed E-state index contributed by atoms with van der Waals surface area (Å²) in [7, 11) is -4.05. The summed E-state index contributed by atoms with van der Waals surface area (Å²) in [5.41, 5.74) is 2.12. The number of amides is 2. The van der Waals surface area contributed by atoms with Crippen molar-refractivity contribution < 1.29 is 13.2 Å². The van der Waals surface area contributed by atoms with E-state index in [1.807, 2.05) is 25.5 Å². The number of hydrogen-bond acceptors (Lipinski definition) is 4. The Morgan fingerprint density at radius 3 is 2.60 bits per heavy atom. The van der Waals surface area contributed by atoms with E-state index in [4.69, 9.17) is 11.6 Å². The molecule has 0 bridgehead atoms. The number of hydrogen-bond donors (Lipinski definition) is 2. The molecular formula is C16H21ClN4O3S. The lowest BCUT2D eigenvalue weighted by atomic mass is 10.1. The minimum Gasteiger partial charge on any atom is -0.307 e. The van der Waals surface area contributed by atoms with Crippen LogP contribution in [-0.2, 0) is 16.4 Å². The molecule has 0 aliphatic heterocycles. The zero-order valence-electron chi connectivity index (χ0n) is 14.5. The average Bonchev–Trinajstić information content (AvgIpc) is 3.00. The van der Waals surface area contributed by atoms with Gasteiger partial charge in [0.05, 0.1) is 0 Å². The Morgan fingerprint density at radius 2 is 2.04 bits per heavy atom. The fourth-order valence-corrected chi connectivity index (χ4v) is 3.47. The predicted octanol–water partition coefficient (Wildman–Crippen LogP) is 3.50. The van der Waals surface area contributed by atoms with Gasteiger partial charge in [-0.15, -0.1) is 0 Å². The molecular weight excluding hydrogens is 364 g/mol. The van der Waals surface area contributed by atoms with Crippen molar-refractivity contribution in [2.75, 3.05) is 5.32 Å². The maximum atomic E-state index is 12.3. The second-order valence-electron chi connectivity index (χ2n) is 5.90. The van der Waals surface area contributed by atoms with Crippen molar-refractivity contribution in [3.63, 3.8) is 0 Å². The molecule has 1 aromatic carbocycles. The van der Waals surface area contributed by atoms with Crippen molar-refractivity contribution >= 4 is 33.3 Å². The van der Waals surface area contributed by atoms with Crippen LogP contribution in [0.5, 0.6) is 0 Å². The van der Waals surface area contributed by atoms with Gasteiger partial charge >= 0.3 is 6.03 Å². The van der Waals surface area contributed by atoms with Gasteiger partial charge in [-0.3, -0.25) is 4.68 Å². The number of nitrogens with one attached hydrogen (secondary N) is 2. The van der Waals surface area contributed by atoms with Crippen LogP contribution in [0.1, 0.15) is 37.9 Å². The maximum Gasteiger partial charge on any atom is 0.333 e. The monoisotopic (exact) mass is 384 g/mol. The van der Waals surface area contributed by atoms with Crippen LogP contribution >= 0.6 is 11.6 Å². The molecule has 0 atom stereocenters. The van der Waals surface area contributed by atoms with Crippen molar-refractivity contribution in [3.8, 4) is 0 Å². The SMILES string of the molecule is CCc1cc(Cl)cc(C)c1NC(=O)NS(=O)(=O)c1ccn(C(C)C)n1. The van der Waals surface area contributed by atoms with Crippen LogP contribution in [-0.4, -0.2) is 24.2 Å². The number of benzene rings is 1. The van der Waals surface area contributed by atoms with E-state index in [1.165, 1.54) is 10.7 Å². The van der Waals surface area contributed by atoms with E-state index < -0.39 is 16.1 Å². The van der Waals surface area contributed by atoms with Gasteiger partial charge in [-0.1, -0.05) is 18.5 Å². The molecule has 0 unspecified atom stereocenters. The molecule has 2 N–H and O–H groups in total. The molecule has 0 spiro atoms. The van der Waals surface area contributed by atoms with Gasteiger partial charge in [0.25, 0.3) is 10.0 Å². The Kier molecular flexibility index (Phi) is 5.74. The Bertz CT molecular complexity index is 891. The lowest BCUT2D eigenvalue weighted by Crippen LogP contribution is -2.35. The smallest absolute Gasteiger partial charge is 0.307 e. The molecule has 0 aliphatic rings.